The Balaban J connectivity index is 0.000000470. The van der Waals surface area contributed by atoms with E-state index in [0.717, 1.165) is 12.8 Å². The molecule has 1 aromatic carbocycles. The standard InChI is InChI=1S/C23H21N7O3.C2HF3O2/c1-13-25-11-19(26-13)22(31)27-21(17-7-6-14-4-2-3-5-16(14)17)20-12-30(29-28-20)15-8-9-24-18(10-15)23(32)33;3-2(4,5)1(6)7/h2-5,8-12,17,21H,6-7H2,1H3,(H,25,26)(H,27,31)(H,32,33);(H,6,7). The van der Waals surface area contributed by atoms with Crippen molar-refractivity contribution >= 4 is 17.8 Å². The molecule has 15 heteroatoms. The Morgan fingerprint density at radius 1 is 1.15 bits per heavy atom. The molecule has 40 heavy (non-hydrogen) atoms. The number of H-pyrrole nitrogens is 1. The minimum atomic E-state index is -5.08. The summed E-state index contributed by atoms with van der Waals surface area (Å²) in [4.78, 5) is 44.1. The van der Waals surface area contributed by atoms with Crippen LogP contribution in [-0.2, 0) is 11.2 Å². The van der Waals surface area contributed by atoms with Gasteiger partial charge in [-0.1, -0.05) is 29.5 Å². The third-order valence-corrected chi connectivity index (χ3v) is 6.12. The first-order valence-corrected chi connectivity index (χ1v) is 11.8. The lowest BCUT2D eigenvalue weighted by atomic mass is 9.91. The molecule has 2 unspecified atom stereocenters. The zero-order chi connectivity index (χ0) is 29.0. The molecule has 1 amide bonds. The third-order valence-electron chi connectivity index (χ3n) is 6.12. The van der Waals surface area contributed by atoms with E-state index in [9.17, 15) is 27.9 Å². The smallest absolute Gasteiger partial charge is 0.477 e. The van der Waals surface area contributed by atoms with Crippen molar-refractivity contribution in [2.45, 2.75) is 37.9 Å². The molecule has 3 heterocycles. The van der Waals surface area contributed by atoms with Gasteiger partial charge in [-0.2, -0.15) is 13.2 Å². The second-order valence-corrected chi connectivity index (χ2v) is 8.77. The number of nitrogens with one attached hydrogen (secondary N) is 2. The van der Waals surface area contributed by atoms with Crippen LogP contribution in [0.5, 0.6) is 0 Å². The number of halogens is 3. The molecule has 1 aliphatic rings. The summed E-state index contributed by atoms with van der Waals surface area (Å²) in [7, 11) is 0. The number of aromatic amines is 1. The summed E-state index contributed by atoms with van der Waals surface area (Å²) in [5, 5.41) is 28.0. The molecule has 0 saturated heterocycles. The van der Waals surface area contributed by atoms with Crippen molar-refractivity contribution in [3.63, 3.8) is 0 Å². The summed E-state index contributed by atoms with van der Waals surface area (Å²) < 4.78 is 33.2. The molecular formula is C25H22F3N7O5. The molecule has 0 saturated carbocycles. The van der Waals surface area contributed by atoms with Gasteiger partial charge in [-0.05, 0) is 43.0 Å². The Labute approximate surface area is 223 Å². The van der Waals surface area contributed by atoms with Crippen LogP contribution in [0.25, 0.3) is 5.69 Å². The maximum absolute atomic E-state index is 13.0. The van der Waals surface area contributed by atoms with Gasteiger partial charge in [0.2, 0.25) is 0 Å². The van der Waals surface area contributed by atoms with E-state index in [4.69, 9.17) is 9.90 Å². The van der Waals surface area contributed by atoms with Gasteiger partial charge in [0.15, 0.2) is 0 Å². The molecular weight excluding hydrogens is 535 g/mol. The Morgan fingerprint density at radius 3 is 2.52 bits per heavy atom. The number of aromatic nitrogens is 6. The van der Waals surface area contributed by atoms with Crippen LogP contribution in [0.1, 0.15) is 62.0 Å². The van der Waals surface area contributed by atoms with Crippen LogP contribution in [0, 0.1) is 6.92 Å². The summed E-state index contributed by atoms with van der Waals surface area (Å²) >= 11 is 0. The van der Waals surface area contributed by atoms with Gasteiger partial charge >= 0.3 is 18.1 Å². The highest BCUT2D eigenvalue weighted by Crippen LogP contribution is 2.41. The van der Waals surface area contributed by atoms with Crippen LogP contribution in [0.2, 0.25) is 0 Å². The maximum Gasteiger partial charge on any atom is 0.490 e. The lowest BCUT2D eigenvalue weighted by Crippen LogP contribution is -2.32. The van der Waals surface area contributed by atoms with Crippen molar-refractivity contribution in [2.24, 2.45) is 0 Å². The summed E-state index contributed by atoms with van der Waals surface area (Å²) in [5.74, 6) is -3.49. The quantitative estimate of drug-likeness (QED) is 0.277. The van der Waals surface area contributed by atoms with Gasteiger partial charge in [0.1, 0.15) is 22.9 Å². The first-order chi connectivity index (χ1) is 18.9. The average Bonchev–Trinajstić information content (AvgIpc) is 3.67. The predicted molar refractivity (Wildman–Crippen MR) is 131 cm³/mol. The number of pyridine rings is 1. The molecule has 2 atom stereocenters. The number of imidazole rings is 1. The number of fused-ring (bicyclic) bond motifs is 1. The molecule has 0 bridgehead atoms. The lowest BCUT2D eigenvalue weighted by molar-refractivity contribution is -0.192. The zero-order valence-electron chi connectivity index (χ0n) is 20.8. The number of amides is 1. The molecule has 208 valence electrons. The topological polar surface area (TPSA) is 176 Å². The number of carboxylic acids is 2. The predicted octanol–water partition coefficient (Wildman–Crippen LogP) is 3.23. The Bertz CT molecular complexity index is 1550. The van der Waals surface area contributed by atoms with E-state index in [2.05, 4.69) is 42.7 Å². The first kappa shape index (κ1) is 27.9. The Hall–Kier alpha value is -5.08. The van der Waals surface area contributed by atoms with Crippen molar-refractivity contribution in [3.8, 4) is 5.69 Å². The van der Waals surface area contributed by atoms with Crippen molar-refractivity contribution in [2.75, 3.05) is 0 Å². The molecule has 4 aromatic rings. The normalized spacial score (nSPS) is 14.9. The number of hydrogen-bond donors (Lipinski definition) is 4. The van der Waals surface area contributed by atoms with Crippen molar-refractivity contribution in [1.82, 2.24) is 35.3 Å². The minimum Gasteiger partial charge on any atom is -0.477 e. The van der Waals surface area contributed by atoms with Crippen molar-refractivity contribution < 1.29 is 37.8 Å². The summed E-state index contributed by atoms with van der Waals surface area (Å²) in [6, 6.07) is 10.8. The number of aromatic carboxylic acids is 1. The second-order valence-electron chi connectivity index (χ2n) is 8.77. The van der Waals surface area contributed by atoms with Gasteiger partial charge < -0.3 is 20.5 Å². The van der Waals surface area contributed by atoms with E-state index in [-0.39, 0.29) is 17.5 Å². The number of alkyl halides is 3. The van der Waals surface area contributed by atoms with Crippen LogP contribution in [0.3, 0.4) is 0 Å². The maximum atomic E-state index is 13.0. The fourth-order valence-corrected chi connectivity index (χ4v) is 4.30. The van der Waals surface area contributed by atoms with Crippen LogP contribution in [0.15, 0.2) is 55.0 Å². The highest BCUT2D eigenvalue weighted by Gasteiger charge is 2.38. The van der Waals surface area contributed by atoms with Crippen molar-refractivity contribution in [3.05, 3.63) is 89.0 Å². The molecule has 5 rings (SSSR count). The van der Waals surface area contributed by atoms with Gasteiger partial charge in [0.05, 0.1) is 24.1 Å². The second kappa shape index (κ2) is 11.3. The molecule has 12 nitrogen and oxygen atoms in total. The molecule has 0 fully saturated rings. The number of aryl methyl sites for hydroxylation is 2. The number of carbonyl (C=O) groups excluding carboxylic acids is 1. The van der Waals surface area contributed by atoms with Crippen LogP contribution in [0.4, 0.5) is 13.2 Å². The van der Waals surface area contributed by atoms with Gasteiger partial charge in [0.25, 0.3) is 5.91 Å². The molecule has 0 aliphatic heterocycles. The van der Waals surface area contributed by atoms with E-state index in [1.807, 2.05) is 12.1 Å². The number of carbonyl (C=O) groups is 3. The summed E-state index contributed by atoms with van der Waals surface area (Å²) in [6.45, 7) is 1.78. The Kier molecular flexibility index (Phi) is 7.93. The van der Waals surface area contributed by atoms with E-state index < -0.39 is 24.2 Å². The Morgan fingerprint density at radius 2 is 1.88 bits per heavy atom. The van der Waals surface area contributed by atoms with E-state index >= 15 is 0 Å². The monoisotopic (exact) mass is 557 g/mol. The number of benzene rings is 1. The number of carboxylic acid groups (broad SMARTS) is 2. The fourth-order valence-electron chi connectivity index (χ4n) is 4.30. The molecule has 1 aliphatic carbocycles. The van der Waals surface area contributed by atoms with Gasteiger partial charge in [-0.25, -0.2) is 24.2 Å². The number of nitrogens with zero attached hydrogens (tertiary/aromatic N) is 5. The van der Waals surface area contributed by atoms with Gasteiger partial charge in [-0.3, -0.25) is 4.79 Å². The van der Waals surface area contributed by atoms with E-state index in [1.54, 1.807) is 19.2 Å². The number of hydrogen-bond acceptors (Lipinski definition) is 7. The third kappa shape index (κ3) is 6.31. The first-order valence-electron chi connectivity index (χ1n) is 11.8. The lowest BCUT2D eigenvalue weighted by Gasteiger charge is -2.23. The zero-order valence-corrected chi connectivity index (χ0v) is 20.8. The SMILES string of the molecule is Cc1ncc(C(=O)NC(c2cn(-c3ccnc(C(=O)O)c3)nn2)C2CCc3ccccc32)[nH]1.O=C(O)C(F)(F)F. The highest BCUT2D eigenvalue weighted by molar-refractivity contribution is 5.92. The largest absolute Gasteiger partial charge is 0.490 e. The molecule has 4 N–H and O–H groups in total. The number of rotatable bonds is 6. The van der Waals surface area contributed by atoms with Crippen LogP contribution < -0.4 is 5.32 Å². The van der Waals surface area contributed by atoms with E-state index in [1.165, 1.54) is 34.3 Å². The highest BCUT2D eigenvalue weighted by atomic mass is 19.4. The van der Waals surface area contributed by atoms with E-state index in [0.29, 0.717) is 22.9 Å². The van der Waals surface area contributed by atoms with Crippen molar-refractivity contribution in [1.29, 1.82) is 0 Å². The number of aliphatic carboxylic acids is 1. The molecule has 3 aromatic heterocycles. The van der Waals surface area contributed by atoms with Crippen LogP contribution in [-0.4, -0.2) is 64.2 Å². The molecule has 0 radical (unpaired) electrons. The minimum absolute atomic E-state index is 0.0198. The van der Waals surface area contributed by atoms with Gasteiger partial charge in [-0.15, -0.1) is 5.10 Å². The van der Waals surface area contributed by atoms with Gasteiger partial charge in [0, 0.05) is 12.1 Å². The summed E-state index contributed by atoms with van der Waals surface area (Å²) in [6.07, 6.45) is 1.32. The fraction of sp³-hybridized carbons (Fsp3) is 0.240. The summed E-state index contributed by atoms with van der Waals surface area (Å²) in [5.41, 5.74) is 3.81. The average molecular weight is 557 g/mol. The molecule has 0 spiro atoms. The van der Waals surface area contributed by atoms with Crippen LogP contribution >= 0.6 is 0 Å².